The number of nitrogens with zero attached hydrogens (tertiary/aromatic N) is 1. The van der Waals surface area contributed by atoms with Crippen molar-refractivity contribution in [1.82, 2.24) is 15.6 Å². The molecule has 1 aromatic carbocycles. The van der Waals surface area contributed by atoms with Crippen LogP contribution in [0.5, 0.6) is 5.88 Å². The molecule has 0 radical (unpaired) electrons. The summed E-state index contributed by atoms with van der Waals surface area (Å²) in [7, 11) is -0.110. The zero-order chi connectivity index (χ0) is 20.1. The molecule has 2 aromatic rings. The smallest absolute Gasteiger partial charge is 0.481 e. The van der Waals surface area contributed by atoms with Gasteiger partial charge in [-0.15, -0.1) is 0 Å². The van der Waals surface area contributed by atoms with E-state index in [-0.39, 0.29) is 16.5 Å². The van der Waals surface area contributed by atoms with E-state index < -0.39 is 7.12 Å². The monoisotopic (exact) mass is 401 g/mol. The number of allylic oxidation sites excluding steroid dienone is 1. The lowest BCUT2D eigenvalue weighted by atomic mass is 9.79. The van der Waals surface area contributed by atoms with Crippen molar-refractivity contribution in [2.24, 2.45) is 0 Å². The molecule has 0 aliphatic carbocycles. The van der Waals surface area contributed by atoms with Crippen LogP contribution in [0.25, 0.3) is 11.3 Å². The van der Waals surface area contributed by atoms with Gasteiger partial charge in [-0.2, -0.15) is 0 Å². The molecular formula is C19H21BClN3O4. The minimum atomic E-state index is -1.66. The van der Waals surface area contributed by atoms with Gasteiger partial charge < -0.3 is 25.4 Å². The molecular weight excluding hydrogens is 380 g/mol. The summed E-state index contributed by atoms with van der Waals surface area (Å²) in [6.07, 6.45) is 1.63. The molecule has 1 aliphatic rings. The van der Waals surface area contributed by atoms with Crippen molar-refractivity contribution in [3.63, 3.8) is 0 Å². The van der Waals surface area contributed by atoms with Crippen molar-refractivity contribution in [3.05, 3.63) is 46.6 Å². The normalized spacial score (nSPS) is 15.9. The topological polar surface area (TPSA) is 104 Å². The number of ether oxygens (including phenoxy) is 1. The maximum Gasteiger partial charge on any atom is 0.489 e. The van der Waals surface area contributed by atoms with Crippen LogP contribution in [0.2, 0.25) is 5.02 Å². The van der Waals surface area contributed by atoms with Gasteiger partial charge in [-0.05, 0) is 12.5 Å². The second kappa shape index (κ2) is 9.23. The number of hydrogen-bond acceptors (Lipinski definition) is 7. The summed E-state index contributed by atoms with van der Waals surface area (Å²) in [5, 5.41) is 25.6. The van der Waals surface area contributed by atoms with Crippen molar-refractivity contribution in [3.8, 4) is 17.1 Å². The number of carbonyl (C=O) groups excluding carboxylic acids is 1. The number of rotatable bonds is 7. The molecule has 1 aliphatic heterocycles. The van der Waals surface area contributed by atoms with Gasteiger partial charge in [0.05, 0.1) is 18.5 Å². The molecule has 1 aromatic heterocycles. The van der Waals surface area contributed by atoms with Crippen LogP contribution < -0.4 is 20.8 Å². The Morgan fingerprint density at radius 1 is 1.39 bits per heavy atom. The first-order valence-electron chi connectivity index (χ1n) is 8.93. The summed E-state index contributed by atoms with van der Waals surface area (Å²) < 4.78 is 5.42. The van der Waals surface area contributed by atoms with Gasteiger partial charge in [0.15, 0.2) is 0 Å². The highest BCUT2D eigenvalue weighted by molar-refractivity contribution is 6.63. The zero-order valence-electron chi connectivity index (χ0n) is 15.4. The van der Waals surface area contributed by atoms with Crippen LogP contribution in [0.15, 0.2) is 36.0 Å². The SMILES string of the molecule is COc1nc(-c2cccc(B(O)O)c2Cl)ccc1CNC[C@@H]1CCC(=C=O)N1. The molecule has 1 atom stereocenters. The second-order valence-corrected chi connectivity index (χ2v) is 6.92. The molecule has 0 unspecified atom stereocenters. The summed E-state index contributed by atoms with van der Waals surface area (Å²) in [5.41, 5.74) is 2.89. The Balaban J connectivity index is 1.72. The van der Waals surface area contributed by atoms with Gasteiger partial charge in [0.2, 0.25) is 5.88 Å². The number of hydrogen-bond donors (Lipinski definition) is 4. The predicted octanol–water partition coefficient (Wildman–Crippen LogP) is 0.647. The lowest BCUT2D eigenvalue weighted by molar-refractivity contribution is 0.390. The fourth-order valence-corrected chi connectivity index (χ4v) is 3.52. The lowest BCUT2D eigenvalue weighted by Gasteiger charge is -2.14. The van der Waals surface area contributed by atoms with Crippen LogP contribution >= 0.6 is 11.6 Å². The molecule has 2 heterocycles. The highest BCUT2D eigenvalue weighted by Gasteiger charge is 2.20. The van der Waals surface area contributed by atoms with E-state index in [0.29, 0.717) is 35.9 Å². The average Bonchev–Trinajstić information content (AvgIpc) is 3.16. The standard InChI is InChI=1S/C19H21BClN3O4/c1-28-19-12(9-22-10-13-6-7-14(11-25)23-13)5-8-17(24-19)15-3-2-4-16(18(15)21)20(26)27/h2-5,8,13,22-23,26-27H,6-7,9-10H2,1H3/t13-/m0/s1. The van der Waals surface area contributed by atoms with Crippen molar-refractivity contribution in [1.29, 1.82) is 0 Å². The first-order chi connectivity index (χ1) is 13.5. The predicted molar refractivity (Wildman–Crippen MR) is 108 cm³/mol. The van der Waals surface area contributed by atoms with Crippen LogP contribution in [0.4, 0.5) is 0 Å². The van der Waals surface area contributed by atoms with E-state index in [4.69, 9.17) is 16.3 Å². The minimum Gasteiger partial charge on any atom is -0.481 e. The summed E-state index contributed by atoms with van der Waals surface area (Å²) in [6, 6.07) is 8.92. The molecule has 1 saturated heterocycles. The van der Waals surface area contributed by atoms with E-state index in [2.05, 4.69) is 15.6 Å². The van der Waals surface area contributed by atoms with Crippen LogP contribution in [0.1, 0.15) is 18.4 Å². The van der Waals surface area contributed by atoms with E-state index in [1.54, 1.807) is 25.3 Å². The summed E-state index contributed by atoms with van der Waals surface area (Å²) in [5.74, 6) is 2.38. The fraction of sp³-hybridized carbons (Fsp3) is 0.316. The molecule has 0 amide bonds. The Morgan fingerprint density at radius 3 is 2.89 bits per heavy atom. The maximum atomic E-state index is 10.7. The van der Waals surface area contributed by atoms with E-state index in [1.165, 1.54) is 0 Å². The molecule has 7 nitrogen and oxygen atoms in total. The van der Waals surface area contributed by atoms with E-state index in [0.717, 1.165) is 18.4 Å². The quantitative estimate of drug-likeness (QED) is 0.399. The fourth-order valence-electron chi connectivity index (χ4n) is 3.20. The number of benzene rings is 1. The lowest BCUT2D eigenvalue weighted by Crippen LogP contribution is -2.33. The van der Waals surface area contributed by atoms with Crippen LogP contribution in [0.3, 0.4) is 0 Å². The number of nitrogens with one attached hydrogen (secondary N) is 2. The molecule has 4 N–H and O–H groups in total. The molecule has 9 heteroatoms. The van der Waals surface area contributed by atoms with Gasteiger partial charge in [-0.25, -0.2) is 9.78 Å². The molecule has 1 fully saturated rings. The molecule has 0 saturated carbocycles. The summed E-state index contributed by atoms with van der Waals surface area (Å²) in [4.78, 5) is 15.2. The Kier molecular flexibility index (Phi) is 6.72. The van der Waals surface area contributed by atoms with Gasteiger partial charge in [-0.3, -0.25) is 0 Å². The largest absolute Gasteiger partial charge is 0.489 e. The minimum absolute atomic E-state index is 0.209. The third kappa shape index (κ3) is 4.55. The van der Waals surface area contributed by atoms with E-state index in [9.17, 15) is 14.8 Å². The van der Waals surface area contributed by atoms with E-state index in [1.807, 2.05) is 18.1 Å². The Labute approximate surface area is 168 Å². The number of halogens is 1. The van der Waals surface area contributed by atoms with Gasteiger partial charge >= 0.3 is 7.12 Å². The van der Waals surface area contributed by atoms with Crippen molar-refractivity contribution < 1.29 is 19.6 Å². The van der Waals surface area contributed by atoms with Gasteiger partial charge in [0.1, 0.15) is 5.94 Å². The average molecular weight is 402 g/mol. The molecule has 28 heavy (non-hydrogen) atoms. The highest BCUT2D eigenvalue weighted by atomic mass is 35.5. The first kappa shape index (κ1) is 20.4. The number of pyridine rings is 1. The van der Waals surface area contributed by atoms with Crippen molar-refractivity contribution >= 4 is 30.1 Å². The third-order valence-corrected chi connectivity index (χ3v) is 5.09. The van der Waals surface area contributed by atoms with Crippen LogP contribution in [-0.2, 0) is 11.3 Å². The molecule has 0 bridgehead atoms. The van der Waals surface area contributed by atoms with Gasteiger partial charge in [0, 0.05) is 47.2 Å². The van der Waals surface area contributed by atoms with Crippen LogP contribution in [0, 0.1) is 0 Å². The van der Waals surface area contributed by atoms with Crippen molar-refractivity contribution in [2.75, 3.05) is 13.7 Å². The summed E-state index contributed by atoms with van der Waals surface area (Å²) >= 11 is 6.30. The van der Waals surface area contributed by atoms with Gasteiger partial charge in [0.25, 0.3) is 0 Å². The Hall–Kier alpha value is -2.35. The number of methoxy groups -OCH3 is 1. The molecule has 146 valence electrons. The van der Waals surface area contributed by atoms with Crippen molar-refractivity contribution in [2.45, 2.75) is 25.4 Å². The Morgan fingerprint density at radius 2 is 2.21 bits per heavy atom. The third-order valence-electron chi connectivity index (χ3n) is 4.67. The van der Waals surface area contributed by atoms with Crippen LogP contribution in [-0.4, -0.2) is 47.8 Å². The zero-order valence-corrected chi connectivity index (χ0v) is 16.2. The van der Waals surface area contributed by atoms with E-state index >= 15 is 0 Å². The first-order valence-corrected chi connectivity index (χ1v) is 9.31. The molecule has 0 spiro atoms. The Bertz CT molecular complexity index is 903. The summed E-state index contributed by atoms with van der Waals surface area (Å²) in [6.45, 7) is 1.26. The van der Waals surface area contributed by atoms with Gasteiger partial charge in [-0.1, -0.05) is 35.9 Å². The number of aromatic nitrogens is 1. The second-order valence-electron chi connectivity index (χ2n) is 6.54. The highest BCUT2D eigenvalue weighted by Crippen LogP contribution is 2.28. The molecule has 3 rings (SSSR count). The maximum absolute atomic E-state index is 10.7.